The number of tetrazole rings is 1. The summed E-state index contributed by atoms with van der Waals surface area (Å²) in [6, 6.07) is 4.83. The molecular formula is C38H61N9O5S. The van der Waals surface area contributed by atoms with E-state index >= 15 is 0 Å². The third-order valence-corrected chi connectivity index (χ3v) is 11.0. The first-order valence-corrected chi connectivity index (χ1v) is 19.8. The van der Waals surface area contributed by atoms with E-state index in [9.17, 15) is 19.5 Å². The van der Waals surface area contributed by atoms with Gasteiger partial charge in [0.15, 0.2) is 5.82 Å². The zero-order valence-electron chi connectivity index (χ0n) is 33.1. The number of carbonyl (C=O) groups excluding carboxylic acids is 3. The van der Waals surface area contributed by atoms with Gasteiger partial charge in [0.05, 0.1) is 12.1 Å². The van der Waals surface area contributed by atoms with Crippen LogP contribution in [0.4, 0.5) is 0 Å². The lowest BCUT2D eigenvalue weighted by molar-refractivity contribution is -0.141. The molecule has 15 heteroatoms. The first kappa shape index (κ1) is 43.5. The molecule has 3 amide bonds. The van der Waals surface area contributed by atoms with E-state index in [-0.39, 0.29) is 53.1 Å². The van der Waals surface area contributed by atoms with E-state index in [1.165, 1.54) is 11.3 Å². The number of phenols is 1. The molecule has 0 fully saturated rings. The maximum atomic E-state index is 14.4. The van der Waals surface area contributed by atoms with Crippen molar-refractivity contribution in [1.29, 1.82) is 0 Å². The molecule has 0 aliphatic rings. The van der Waals surface area contributed by atoms with Crippen molar-refractivity contribution in [2.75, 3.05) is 27.7 Å². The fraction of sp³-hybridized carbons (Fsp3) is 0.658. The Balaban J connectivity index is 1.84. The summed E-state index contributed by atoms with van der Waals surface area (Å²) in [4.78, 5) is 50.2. The van der Waals surface area contributed by atoms with Crippen LogP contribution in [0.25, 0.3) is 0 Å². The van der Waals surface area contributed by atoms with Crippen molar-refractivity contribution in [2.45, 2.75) is 117 Å². The minimum absolute atomic E-state index is 0.0578. The van der Waals surface area contributed by atoms with Gasteiger partial charge in [0.1, 0.15) is 28.6 Å². The number of hydrogen-bond donors (Lipinski definition) is 4. The van der Waals surface area contributed by atoms with Crippen LogP contribution in [-0.4, -0.2) is 104 Å². The Bertz CT molecular complexity index is 1550. The third kappa shape index (κ3) is 12.0. The van der Waals surface area contributed by atoms with Gasteiger partial charge in [-0.25, -0.2) is 4.98 Å². The molecule has 0 aliphatic carbocycles. The number of hydrogen-bond acceptors (Lipinski definition) is 11. The Hall–Kier alpha value is -3.95. The van der Waals surface area contributed by atoms with E-state index < -0.39 is 24.1 Å². The smallest absolute Gasteiger partial charge is 0.271 e. The molecule has 14 nitrogen and oxygen atoms in total. The minimum Gasteiger partial charge on any atom is -0.508 e. The standard InChI is InChI=1S/C38H61N9O5S/c1-11-19-52-31(37-40-29(22-53-37)35(49)39-28(34-42-44-45-43-34)20-25-15-17-27(48)18-16-25)21-30(23(5)6)47(10)38(51)32(24(7)12-2)41-36(50)33(46(8)9)26(13-3)14-4/h15-18,22-24,26,28,30-33,48H,11-14,19-21H2,1-10H3,(H,39,49)(H,41,50)(H,42,43,44,45)/t24-,28-,30+,31+,32-,33+/m0/s1. The Morgan fingerprint density at radius 3 is 2.21 bits per heavy atom. The number of H-pyrrole nitrogens is 1. The molecule has 0 unspecified atom stereocenters. The van der Waals surface area contributed by atoms with Gasteiger partial charge < -0.3 is 25.4 Å². The number of amides is 3. The number of aromatic hydroxyl groups is 1. The summed E-state index contributed by atoms with van der Waals surface area (Å²) in [5.74, 6) is -0.0531. The van der Waals surface area contributed by atoms with E-state index in [1.54, 1.807) is 34.5 Å². The summed E-state index contributed by atoms with van der Waals surface area (Å²) < 4.78 is 6.36. The van der Waals surface area contributed by atoms with Crippen molar-refractivity contribution < 1.29 is 24.2 Å². The number of likely N-dealkylation sites (N-methyl/N-ethyl adjacent to an activating group) is 2. The van der Waals surface area contributed by atoms with Crippen molar-refractivity contribution in [3.63, 3.8) is 0 Å². The average molecular weight is 756 g/mol. The van der Waals surface area contributed by atoms with Crippen LogP contribution in [0.5, 0.6) is 5.75 Å². The lowest BCUT2D eigenvalue weighted by Crippen LogP contribution is -2.58. The number of thiazole rings is 1. The molecule has 4 N–H and O–H groups in total. The Morgan fingerprint density at radius 2 is 1.66 bits per heavy atom. The second kappa shape index (κ2) is 21.1. The number of nitrogens with one attached hydrogen (secondary N) is 3. The van der Waals surface area contributed by atoms with Crippen LogP contribution in [-0.2, 0) is 20.7 Å². The van der Waals surface area contributed by atoms with Gasteiger partial charge in [0.2, 0.25) is 11.8 Å². The second-order valence-corrected chi connectivity index (χ2v) is 15.3. The summed E-state index contributed by atoms with van der Waals surface area (Å²) >= 11 is 1.34. The molecular weight excluding hydrogens is 695 g/mol. The van der Waals surface area contributed by atoms with E-state index in [2.05, 4.69) is 59.0 Å². The van der Waals surface area contributed by atoms with Crippen LogP contribution in [0.15, 0.2) is 29.6 Å². The zero-order chi connectivity index (χ0) is 39.2. The number of phenolic OH excluding ortho intramolecular Hbond substituents is 1. The van der Waals surface area contributed by atoms with Crippen molar-refractivity contribution in [2.24, 2.45) is 17.8 Å². The predicted molar refractivity (Wildman–Crippen MR) is 206 cm³/mol. The van der Waals surface area contributed by atoms with E-state index in [0.717, 1.165) is 31.2 Å². The molecule has 0 saturated heterocycles. The number of aromatic amines is 1. The molecule has 3 aromatic rings. The highest BCUT2D eigenvalue weighted by atomic mass is 32.1. The van der Waals surface area contributed by atoms with Crippen molar-refractivity contribution in [3.8, 4) is 5.75 Å². The first-order valence-electron chi connectivity index (χ1n) is 18.9. The SMILES string of the molecule is CCCO[C@H](C[C@H](C(C)C)N(C)C(=O)[C@@H](NC(=O)[C@@H](C(CC)CC)N(C)C)[C@@H](C)CC)c1nc(C(=O)N[C@@H](Cc2ccc(O)cc2)c2nn[nH]n2)cs1. The highest BCUT2D eigenvalue weighted by Gasteiger charge is 2.37. The van der Waals surface area contributed by atoms with Crippen LogP contribution in [0.3, 0.4) is 0 Å². The van der Waals surface area contributed by atoms with Gasteiger partial charge in [-0.05, 0) is 56.0 Å². The number of nitrogens with zero attached hydrogens (tertiary/aromatic N) is 6. The lowest BCUT2D eigenvalue weighted by atomic mass is 9.90. The normalized spacial score (nSPS) is 15.2. The molecule has 2 heterocycles. The monoisotopic (exact) mass is 755 g/mol. The molecule has 6 atom stereocenters. The number of rotatable bonds is 22. The Morgan fingerprint density at radius 1 is 0.981 bits per heavy atom. The summed E-state index contributed by atoms with van der Waals surface area (Å²) in [5, 5.41) is 32.5. The molecule has 0 saturated carbocycles. The second-order valence-electron chi connectivity index (χ2n) is 14.5. The number of carbonyl (C=O) groups is 3. The van der Waals surface area contributed by atoms with Gasteiger partial charge in [-0.2, -0.15) is 5.21 Å². The quantitative estimate of drug-likeness (QED) is 0.105. The summed E-state index contributed by atoms with van der Waals surface area (Å²) in [5.41, 5.74) is 1.09. The average Bonchev–Trinajstić information content (AvgIpc) is 3.86. The molecule has 294 valence electrons. The van der Waals surface area contributed by atoms with Gasteiger partial charge in [-0.3, -0.25) is 19.3 Å². The van der Waals surface area contributed by atoms with Crippen molar-refractivity contribution >= 4 is 29.1 Å². The summed E-state index contributed by atoms with van der Waals surface area (Å²) in [7, 11) is 5.64. The van der Waals surface area contributed by atoms with Gasteiger partial charge in [-0.15, -0.1) is 21.5 Å². The topological polar surface area (TPSA) is 179 Å². The third-order valence-electron chi connectivity index (χ3n) is 10.1. The predicted octanol–water partition coefficient (Wildman–Crippen LogP) is 5.31. The van der Waals surface area contributed by atoms with Crippen LogP contribution in [0.2, 0.25) is 0 Å². The van der Waals surface area contributed by atoms with Crippen LogP contribution >= 0.6 is 11.3 Å². The first-order chi connectivity index (χ1) is 25.3. The molecule has 0 radical (unpaired) electrons. The summed E-state index contributed by atoms with van der Waals surface area (Å²) in [6.45, 7) is 14.9. The van der Waals surface area contributed by atoms with Crippen molar-refractivity contribution in [1.82, 2.24) is 46.0 Å². The van der Waals surface area contributed by atoms with Gasteiger partial charge in [0.25, 0.3) is 5.91 Å². The van der Waals surface area contributed by atoms with Crippen LogP contribution < -0.4 is 10.6 Å². The molecule has 2 aromatic heterocycles. The van der Waals surface area contributed by atoms with E-state index in [4.69, 9.17) is 9.72 Å². The van der Waals surface area contributed by atoms with Crippen LogP contribution in [0, 0.1) is 17.8 Å². The number of benzene rings is 1. The zero-order valence-corrected chi connectivity index (χ0v) is 33.9. The van der Waals surface area contributed by atoms with Gasteiger partial charge >= 0.3 is 0 Å². The van der Waals surface area contributed by atoms with Gasteiger partial charge in [0, 0.05) is 37.9 Å². The molecule has 0 spiro atoms. The van der Waals surface area contributed by atoms with Crippen LogP contribution in [0.1, 0.15) is 120 Å². The molecule has 53 heavy (non-hydrogen) atoms. The molecule has 0 bridgehead atoms. The van der Waals surface area contributed by atoms with E-state index in [1.807, 2.05) is 46.8 Å². The molecule has 1 aromatic carbocycles. The molecule has 0 aliphatic heterocycles. The minimum atomic E-state index is -0.686. The fourth-order valence-electron chi connectivity index (χ4n) is 6.67. The van der Waals surface area contributed by atoms with Gasteiger partial charge in [-0.1, -0.05) is 85.1 Å². The Labute approximate surface area is 318 Å². The maximum absolute atomic E-state index is 14.4. The Kier molecular flexibility index (Phi) is 17.3. The highest BCUT2D eigenvalue weighted by molar-refractivity contribution is 7.09. The maximum Gasteiger partial charge on any atom is 0.271 e. The van der Waals surface area contributed by atoms with Crippen molar-refractivity contribution in [3.05, 3.63) is 51.7 Å². The lowest BCUT2D eigenvalue weighted by Gasteiger charge is -2.38. The largest absolute Gasteiger partial charge is 0.508 e. The number of ether oxygens (including phenoxy) is 1. The fourth-order valence-corrected chi connectivity index (χ4v) is 7.53. The molecule has 3 rings (SSSR count). The summed E-state index contributed by atoms with van der Waals surface area (Å²) in [6.07, 6.45) is 3.59. The highest BCUT2D eigenvalue weighted by Crippen LogP contribution is 2.31. The van der Waals surface area contributed by atoms with E-state index in [0.29, 0.717) is 30.3 Å². The number of aromatic nitrogens is 5.